The molecule has 0 atom stereocenters. The molecule has 0 saturated heterocycles. The van der Waals surface area contributed by atoms with Crippen LogP contribution in [0.15, 0.2) is 49.9 Å². The van der Waals surface area contributed by atoms with E-state index in [1.54, 1.807) is 25.1 Å². The van der Waals surface area contributed by atoms with Crippen molar-refractivity contribution < 1.29 is 9.59 Å². The summed E-state index contributed by atoms with van der Waals surface area (Å²) in [6, 6.07) is 7.20. The first-order valence-electron chi connectivity index (χ1n) is 5.88. The Morgan fingerprint density at radius 2 is 1.70 bits per heavy atom. The van der Waals surface area contributed by atoms with Gasteiger partial charge in [-0.05, 0) is 69.5 Å². The van der Waals surface area contributed by atoms with Gasteiger partial charge in [0.05, 0.1) is 14.7 Å². The van der Waals surface area contributed by atoms with Gasteiger partial charge in [0.1, 0.15) is 0 Å². The van der Waals surface area contributed by atoms with Crippen molar-refractivity contribution in [3.63, 3.8) is 0 Å². The molecule has 1 aromatic carbocycles. The second kappa shape index (κ2) is 5.97. The van der Waals surface area contributed by atoms with Crippen molar-refractivity contribution >= 4 is 49.3 Å². The van der Waals surface area contributed by atoms with E-state index in [-0.39, 0.29) is 11.7 Å². The zero-order chi connectivity index (χ0) is 14.9. The largest absolute Gasteiger partial charge is 0.287 e. The number of benzene rings is 1. The number of carbonyl (C=O) groups excluding carboxylic acids is 2. The Balaban J connectivity index is 2.38. The summed E-state index contributed by atoms with van der Waals surface area (Å²) in [6.07, 6.45) is 1.56. The van der Waals surface area contributed by atoms with Crippen molar-refractivity contribution in [2.24, 2.45) is 4.99 Å². The quantitative estimate of drug-likeness (QED) is 0.670. The van der Waals surface area contributed by atoms with Crippen LogP contribution >= 0.6 is 31.9 Å². The van der Waals surface area contributed by atoms with Gasteiger partial charge in [-0.1, -0.05) is 17.7 Å². The number of amides is 1. The summed E-state index contributed by atoms with van der Waals surface area (Å²) in [6.45, 7) is 3.70. The van der Waals surface area contributed by atoms with Gasteiger partial charge in [0, 0.05) is 5.56 Å². The topological polar surface area (TPSA) is 46.5 Å². The van der Waals surface area contributed by atoms with Gasteiger partial charge < -0.3 is 0 Å². The highest BCUT2D eigenvalue weighted by Gasteiger charge is 2.22. The summed E-state index contributed by atoms with van der Waals surface area (Å²) >= 11 is 6.40. The summed E-state index contributed by atoms with van der Waals surface area (Å²) in [5.41, 5.74) is 2.74. The Morgan fingerprint density at radius 3 is 2.30 bits per heavy atom. The summed E-state index contributed by atoms with van der Waals surface area (Å²) in [5, 5.41) is 0. The first-order chi connectivity index (χ1) is 9.40. The fourth-order valence-electron chi connectivity index (χ4n) is 1.67. The Labute approximate surface area is 133 Å². The average molecular weight is 397 g/mol. The summed E-state index contributed by atoms with van der Waals surface area (Å²) in [5.74, 6) is -0.477. The number of hydrogen-bond acceptors (Lipinski definition) is 2. The van der Waals surface area contributed by atoms with Gasteiger partial charge in [0.25, 0.3) is 5.91 Å². The monoisotopic (exact) mass is 395 g/mol. The highest BCUT2D eigenvalue weighted by Crippen LogP contribution is 2.27. The van der Waals surface area contributed by atoms with Crippen LogP contribution in [0.1, 0.15) is 22.8 Å². The molecule has 0 heterocycles. The normalized spacial score (nSPS) is 17.5. The molecule has 0 radical (unpaired) electrons. The van der Waals surface area contributed by atoms with E-state index in [2.05, 4.69) is 36.9 Å². The SMILES string of the molecule is CC1=C(Br)C(=O)C(Br)=CC1=NC(=O)c1ccc(C)cc1. The third kappa shape index (κ3) is 3.04. The molecule has 1 aromatic rings. The number of allylic oxidation sites excluding steroid dienone is 4. The lowest BCUT2D eigenvalue weighted by molar-refractivity contribution is -0.110. The zero-order valence-corrected chi connectivity index (χ0v) is 14.1. The van der Waals surface area contributed by atoms with Crippen LogP contribution in [0.2, 0.25) is 0 Å². The number of nitrogens with zero attached hydrogens (tertiary/aromatic N) is 1. The minimum absolute atomic E-state index is 0.149. The van der Waals surface area contributed by atoms with E-state index in [0.29, 0.717) is 25.8 Å². The number of aliphatic imine (C=N–C) groups is 1. The Bertz CT molecular complexity index is 682. The van der Waals surface area contributed by atoms with Gasteiger partial charge in [-0.15, -0.1) is 0 Å². The van der Waals surface area contributed by atoms with E-state index in [0.717, 1.165) is 5.56 Å². The number of Topliss-reactive ketones (excluding diaryl/α,β-unsaturated/α-hetero) is 1. The van der Waals surface area contributed by atoms with Crippen LogP contribution in [0, 0.1) is 6.92 Å². The molecule has 0 fully saturated rings. The van der Waals surface area contributed by atoms with Crippen LogP contribution < -0.4 is 0 Å². The predicted octanol–water partition coefficient (Wildman–Crippen LogP) is 4.11. The molecule has 0 spiro atoms. The molecule has 1 aliphatic rings. The molecule has 0 aromatic heterocycles. The molecule has 0 N–H and O–H groups in total. The number of carbonyl (C=O) groups is 2. The molecule has 0 aliphatic heterocycles. The molecule has 5 heteroatoms. The van der Waals surface area contributed by atoms with Crippen molar-refractivity contribution in [2.75, 3.05) is 0 Å². The van der Waals surface area contributed by atoms with Gasteiger partial charge >= 0.3 is 0 Å². The lowest BCUT2D eigenvalue weighted by Gasteiger charge is -2.11. The Kier molecular flexibility index (Phi) is 4.50. The molecular formula is C15H11Br2NO2. The van der Waals surface area contributed by atoms with Gasteiger partial charge in [0.15, 0.2) is 0 Å². The fourth-order valence-corrected chi connectivity index (χ4v) is 2.77. The van der Waals surface area contributed by atoms with Crippen LogP contribution in [0.5, 0.6) is 0 Å². The maximum atomic E-state index is 12.1. The number of aryl methyl sites for hydroxylation is 1. The minimum Gasteiger partial charge on any atom is -0.287 e. The standard InChI is InChI=1S/C15H11Br2NO2/c1-8-3-5-10(6-4-8)15(20)18-12-7-11(16)14(19)13(17)9(12)2/h3-7H,1-2H3. The van der Waals surface area contributed by atoms with Crippen LogP contribution in [0.25, 0.3) is 0 Å². The third-order valence-electron chi connectivity index (χ3n) is 2.91. The smallest absolute Gasteiger partial charge is 0.277 e. The Hall–Kier alpha value is -1.33. The van der Waals surface area contributed by atoms with E-state index in [9.17, 15) is 9.59 Å². The van der Waals surface area contributed by atoms with Crippen LogP contribution in [-0.2, 0) is 4.79 Å². The molecule has 3 nitrogen and oxygen atoms in total. The van der Waals surface area contributed by atoms with Crippen molar-refractivity contribution in [3.8, 4) is 0 Å². The van der Waals surface area contributed by atoms with E-state index in [1.165, 1.54) is 0 Å². The van der Waals surface area contributed by atoms with Crippen molar-refractivity contribution in [1.82, 2.24) is 0 Å². The minimum atomic E-state index is -0.328. The van der Waals surface area contributed by atoms with Crippen molar-refractivity contribution in [3.05, 3.63) is 56.0 Å². The number of rotatable bonds is 1. The molecule has 102 valence electrons. The molecule has 2 rings (SSSR count). The summed E-state index contributed by atoms with van der Waals surface area (Å²) in [7, 11) is 0. The van der Waals surface area contributed by atoms with E-state index >= 15 is 0 Å². The van der Waals surface area contributed by atoms with E-state index in [4.69, 9.17) is 0 Å². The van der Waals surface area contributed by atoms with Gasteiger partial charge in [0.2, 0.25) is 5.78 Å². The number of hydrogen-bond donors (Lipinski definition) is 0. The molecule has 20 heavy (non-hydrogen) atoms. The van der Waals surface area contributed by atoms with Crippen molar-refractivity contribution in [1.29, 1.82) is 0 Å². The van der Waals surface area contributed by atoms with E-state index in [1.807, 2.05) is 19.1 Å². The second-order valence-corrected chi connectivity index (χ2v) is 6.08. The molecule has 1 amide bonds. The molecule has 0 bridgehead atoms. The highest BCUT2D eigenvalue weighted by molar-refractivity contribution is 9.13. The lowest BCUT2D eigenvalue weighted by Crippen LogP contribution is -2.14. The molecular weight excluding hydrogens is 386 g/mol. The number of ketones is 1. The maximum Gasteiger partial charge on any atom is 0.277 e. The second-order valence-electron chi connectivity index (χ2n) is 4.43. The molecule has 0 unspecified atom stereocenters. The van der Waals surface area contributed by atoms with Crippen LogP contribution in [-0.4, -0.2) is 17.4 Å². The Morgan fingerprint density at radius 1 is 1.10 bits per heavy atom. The number of halogens is 2. The first-order valence-corrected chi connectivity index (χ1v) is 7.47. The molecule has 1 aliphatic carbocycles. The third-order valence-corrected chi connectivity index (χ3v) is 4.46. The van der Waals surface area contributed by atoms with Crippen LogP contribution in [0.3, 0.4) is 0 Å². The van der Waals surface area contributed by atoms with Crippen LogP contribution in [0.4, 0.5) is 0 Å². The van der Waals surface area contributed by atoms with Gasteiger partial charge in [-0.3, -0.25) is 9.59 Å². The average Bonchev–Trinajstić information content (AvgIpc) is 2.43. The zero-order valence-electron chi connectivity index (χ0n) is 10.9. The van der Waals surface area contributed by atoms with E-state index < -0.39 is 0 Å². The predicted molar refractivity (Wildman–Crippen MR) is 86.6 cm³/mol. The fraction of sp³-hybridized carbons (Fsp3) is 0.133. The van der Waals surface area contributed by atoms with Crippen molar-refractivity contribution in [2.45, 2.75) is 13.8 Å². The van der Waals surface area contributed by atoms with Gasteiger partial charge in [-0.25, -0.2) is 4.99 Å². The first kappa shape index (κ1) is 15.1. The molecule has 0 saturated carbocycles. The maximum absolute atomic E-state index is 12.1. The van der Waals surface area contributed by atoms with Gasteiger partial charge in [-0.2, -0.15) is 0 Å². The summed E-state index contributed by atoms with van der Waals surface area (Å²) in [4.78, 5) is 27.9. The lowest BCUT2D eigenvalue weighted by atomic mass is 10.0. The highest BCUT2D eigenvalue weighted by atomic mass is 79.9. The summed E-state index contributed by atoms with van der Waals surface area (Å²) < 4.78 is 0.799.